The van der Waals surface area contributed by atoms with E-state index in [-0.39, 0.29) is 0 Å². The van der Waals surface area contributed by atoms with Gasteiger partial charge in [0.2, 0.25) is 0 Å². The van der Waals surface area contributed by atoms with Crippen molar-refractivity contribution in [2.75, 3.05) is 13.2 Å². The Balaban J connectivity index is 1.50. The second kappa shape index (κ2) is 9.79. The lowest BCUT2D eigenvalue weighted by Gasteiger charge is -2.18. The summed E-state index contributed by atoms with van der Waals surface area (Å²) < 4.78 is 12.9. The molecule has 0 aliphatic carbocycles. The first kappa shape index (κ1) is 21.1. The Morgan fingerprint density at radius 2 is 0.939 bits per heavy atom. The van der Waals surface area contributed by atoms with Crippen molar-refractivity contribution in [1.82, 2.24) is 0 Å². The molecule has 2 heteroatoms. The van der Waals surface area contributed by atoms with Gasteiger partial charge in [0.05, 0.1) is 13.2 Å². The Hall–Kier alpha value is -3.78. The molecule has 0 heterocycles. The van der Waals surface area contributed by atoms with Crippen molar-refractivity contribution in [1.29, 1.82) is 0 Å². The molecule has 0 radical (unpaired) electrons. The average molecular weight is 433 g/mol. The minimum atomic E-state index is 0.630. The van der Waals surface area contributed by atoms with Crippen LogP contribution in [0.2, 0.25) is 0 Å². The summed E-state index contributed by atoms with van der Waals surface area (Å²) in [4.78, 5) is 0. The zero-order chi connectivity index (χ0) is 22.5. The highest BCUT2D eigenvalue weighted by Crippen LogP contribution is 2.43. The maximum absolute atomic E-state index is 6.46. The van der Waals surface area contributed by atoms with E-state index in [0.717, 1.165) is 45.9 Å². The summed E-state index contributed by atoms with van der Waals surface area (Å²) in [5.41, 5.74) is 3.77. The van der Waals surface area contributed by atoms with Gasteiger partial charge in [-0.3, -0.25) is 0 Å². The molecule has 0 aliphatic rings. The van der Waals surface area contributed by atoms with Crippen molar-refractivity contribution in [2.45, 2.75) is 19.8 Å². The molecule has 0 N–H and O–H groups in total. The van der Waals surface area contributed by atoms with Gasteiger partial charge in [-0.05, 0) is 24.1 Å². The summed E-state index contributed by atoms with van der Waals surface area (Å²) in [6.07, 6.45) is 1.75. The highest BCUT2D eigenvalue weighted by molar-refractivity contribution is 6.11. The lowest BCUT2D eigenvalue weighted by molar-refractivity contribution is 0.324. The first-order chi connectivity index (χ1) is 16.3. The molecule has 0 saturated carbocycles. The molecule has 0 fully saturated rings. The molecule has 0 atom stereocenters. The minimum absolute atomic E-state index is 0.630. The standard InChI is InChI=1S/C31H28O2/c1-23-16-17-28-29(22-23)31(33-21-19-25-12-6-3-7-13-25)27-15-9-8-14-26(27)30(28)32-20-18-24-10-4-2-5-11-24/h2-17,22H,18-21H2,1H3. The van der Waals surface area contributed by atoms with E-state index in [1.807, 2.05) is 12.1 Å². The van der Waals surface area contributed by atoms with Crippen LogP contribution in [0.3, 0.4) is 0 Å². The maximum Gasteiger partial charge on any atom is 0.135 e. The van der Waals surface area contributed by atoms with Gasteiger partial charge >= 0.3 is 0 Å². The Morgan fingerprint density at radius 1 is 0.485 bits per heavy atom. The quantitative estimate of drug-likeness (QED) is 0.236. The Morgan fingerprint density at radius 3 is 1.48 bits per heavy atom. The van der Waals surface area contributed by atoms with Crippen molar-refractivity contribution < 1.29 is 9.47 Å². The molecule has 0 unspecified atom stereocenters. The van der Waals surface area contributed by atoms with Gasteiger partial charge in [0, 0.05) is 34.4 Å². The molecule has 164 valence electrons. The molecule has 0 aromatic heterocycles. The molecule has 5 aromatic rings. The van der Waals surface area contributed by atoms with E-state index >= 15 is 0 Å². The molecule has 0 spiro atoms. The van der Waals surface area contributed by atoms with Gasteiger partial charge in [0.1, 0.15) is 11.5 Å². The zero-order valence-electron chi connectivity index (χ0n) is 19.0. The third-order valence-electron chi connectivity index (χ3n) is 6.04. The molecule has 5 rings (SSSR count). The van der Waals surface area contributed by atoms with Crippen molar-refractivity contribution in [3.63, 3.8) is 0 Å². The summed E-state index contributed by atoms with van der Waals surface area (Å²) in [5, 5.41) is 4.40. The van der Waals surface area contributed by atoms with Crippen LogP contribution in [-0.4, -0.2) is 13.2 Å². The number of aryl methyl sites for hydroxylation is 1. The third kappa shape index (κ3) is 4.70. The number of hydrogen-bond acceptors (Lipinski definition) is 2. The number of ether oxygens (including phenoxy) is 2. The van der Waals surface area contributed by atoms with Gasteiger partial charge in [-0.2, -0.15) is 0 Å². The maximum atomic E-state index is 6.46. The second-order valence-electron chi connectivity index (χ2n) is 8.42. The van der Waals surface area contributed by atoms with E-state index in [1.165, 1.54) is 16.7 Å². The molecule has 33 heavy (non-hydrogen) atoms. The van der Waals surface area contributed by atoms with Crippen LogP contribution in [-0.2, 0) is 12.8 Å². The summed E-state index contributed by atoms with van der Waals surface area (Å²) in [6, 6.07) is 35.9. The van der Waals surface area contributed by atoms with Crippen molar-refractivity contribution in [3.05, 3.63) is 120 Å². The van der Waals surface area contributed by atoms with Crippen molar-refractivity contribution >= 4 is 21.5 Å². The molecule has 0 bridgehead atoms. The van der Waals surface area contributed by atoms with Gasteiger partial charge in [0.15, 0.2) is 0 Å². The van der Waals surface area contributed by atoms with E-state index in [4.69, 9.17) is 9.47 Å². The Bertz CT molecular complexity index is 1360. The van der Waals surface area contributed by atoms with Gasteiger partial charge < -0.3 is 9.47 Å². The minimum Gasteiger partial charge on any atom is -0.492 e. The van der Waals surface area contributed by atoms with E-state index < -0.39 is 0 Å². The van der Waals surface area contributed by atoms with Crippen molar-refractivity contribution in [2.24, 2.45) is 0 Å². The fourth-order valence-corrected chi connectivity index (χ4v) is 4.36. The van der Waals surface area contributed by atoms with Crippen molar-refractivity contribution in [3.8, 4) is 11.5 Å². The number of hydrogen-bond donors (Lipinski definition) is 0. The second-order valence-corrected chi connectivity index (χ2v) is 8.42. The molecule has 2 nitrogen and oxygen atoms in total. The topological polar surface area (TPSA) is 18.5 Å². The summed E-state index contributed by atoms with van der Waals surface area (Å²) in [7, 11) is 0. The van der Waals surface area contributed by atoms with Crippen LogP contribution in [0, 0.1) is 6.92 Å². The van der Waals surface area contributed by atoms with Crippen LogP contribution >= 0.6 is 0 Å². The monoisotopic (exact) mass is 432 g/mol. The van der Waals surface area contributed by atoms with Crippen LogP contribution in [0.15, 0.2) is 103 Å². The van der Waals surface area contributed by atoms with E-state index in [2.05, 4.69) is 97.9 Å². The smallest absolute Gasteiger partial charge is 0.135 e. The molecular formula is C31H28O2. The fourth-order valence-electron chi connectivity index (χ4n) is 4.36. The molecule has 0 amide bonds. The largest absolute Gasteiger partial charge is 0.492 e. The van der Waals surface area contributed by atoms with Crippen LogP contribution < -0.4 is 9.47 Å². The van der Waals surface area contributed by atoms with Gasteiger partial charge in [-0.15, -0.1) is 0 Å². The van der Waals surface area contributed by atoms with Gasteiger partial charge in [0.25, 0.3) is 0 Å². The number of fused-ring (bicyclic) bond motifs is 2. The SMILES string of the molecule is Cc1ccc2c(OCCc3ccccc3)c3ccccc3c(OCCc3ccccc3)c2c1. The van der Waals surface area contributed by atoms with Crippen LogP contribution in [0.4, 0.5) is 0 Å². The molecule has 5 aromatic carbocycles. The lowest BCUT2D eigenvalue weighted by Crippen LogP contribution is -2.05. The van der Waals surface area contributed by atoms with Gasteiger partial charge in [-0.1, -0.05) is 103 Å². The number of rotatable bonds is 8. The normalized spacial score (nSPS) is 11.1. The summed E-state index contributed by atoms with van der Waals surface area (Å²) >= 11 is 0. The first-order valence-corrected chi connectivity index (χ1v) is 11.6. The lowest BCUT2D eigenvalue weighted by atomic mass is 9.99. The molecular weight excluding hydrogens is 404 g/mol. The Kier molecular flexibility index (Phi) is 6.25. The van der Waals surface area contributed by atoms with E-state index in [1.54, 1.807) is 0 Å². The summed E-state index contributed by atoms with van der Waals surface area (Å²) in [5.74, 6) is 1.88. The predicted molar refractivity (Wildman–Crippen MR) is 137 cm³/mol. The molecule has 0 aliphatic heterocycles. The Labute approximate surface area is 195 Å². The highest BCUT2D eigenvalue weighted by atomic mass is 16.5. The van der Waals surface area contributed by atoms with Crippen LogP contribution in [0.1, 0.15) is 16.7 Å². The molecule has 0 saturated heterocycles. The third-order valence-corrected chi connectivity index (χ3v) is 6.04. The fraction of sp³-hybridized carbons (Fsp3) is 0.161. The van der Waals surface area contributed by atoms with Crippen LogP contribution in [0.25, 0.3) is 21.5 Å². The first-order valence-electron chi connectivity index (χ1n) is 11.6. The van der Waals surface area contributed by atoms with Gasteiger partial charge in [-0.25, -0.2) is 0 Å². The summed E-state index contributed by atoms with van der Waals surface area (Å²) in [6.45, 7) is 3.38. The predicted octanol–water partition coefficient (Wildman–Crippen LogP) is 7.54. The number of benzene rings is 5. The van der Waals surface area contributed by atoms with Crippen LogP contribution in [0.5, 0.6) is 11.5 Å². The van der Waals surface area contributed by atoms with E-state index in [9.17, 15) is 0 Å². The van der Waals surface area contributed by atoms with E-state index in [0.29, 0.717) is 13.2 Å². The highest BCUT2D eigenvalue weighted by Gasteiger charge is 2.16. The zero-order valence-corrected chi connectivity index (χ0v) is 19.0. The average Bonchev–Trinajstić information content (AvgIpc) is 2.86.